The lowest BCUT2D eigenvalue weighted by Crippen LogP contribution is -2.38. The van der Waals surface area contributed by atoms with Crippen LogP contribution in [0.3, 0.4) is 0 Å². The number of pyridine rings is 1. The standard InChI is InChI=1S/C30H40N6O2/c1-4-20-15-27(20)33-30-31-16-25-26(17-36(28(25)34-30)23-5-7-24(37)8-6-23)21-9-11-35(12-10-21)29(38)22-13-18(2)32-19(3)14-22/h13-14,16-17,20-21,23-24,27,37H,4-12,15H2,1-3H3,(H,31,33,34)/t20-,23-,24-,27-/m0/s1. The molecule has 3 aliphatic rings. The number of aliphatic hydroxyl groups excluding tert-OH is 1. The molecule has 8 nitrogen and oxygen atoms in total. The van der Waals surface area contributed by atoms with Crippen molar-refractivity contribution in [1.82, 2.24) is 24.4 Å². The topological polar surface area (TPSA) is 96.2 Å². The average Bonchev–Trinajstić information content (AvgIpc) is 3.57. The Hall–Kier alpha value is -3.00. The van der Waals surface area contributed by atoms with Crippen molar-refractivity contribution in [1.29, 1.82) is 0 Å². The third-order valence-corrected chi connectivity index (χ3v) is 8.97. The maximum Gasteiger partial charge on any atom is 0.253 e. The highest BCUT2D eigenvalue weighted by molar-refractivity contribution is 5.94. The molecule has 0 spiro atoms. The zero-order chi connectivity index (χ0) is 26.4. The molecule has 3 aromatic heterocycles. The molecule has 8 heteroatoms. The normalized spacial score (nSPS) is 26.1. The van der Waals surface area contributed by atoms with Crippen LogP contribution in [0.15, 0.2) is 24.5 Å². The highest BCUT2D eigenvalue weighted by atomic mass is 16.3. The lowest BCUT2D eigenvalue weighted by molar-refractivity contribution is 0.0712. The second kappa shape index (κ2) is 10.3. The van der Waals surface area contributed by atoms with Gasteiger partial charge in [-0.15, -0.1) is 0 Å². The van der Waals surface area contributed by atoms with Crippen molar-refractivity contribution in [2.75, 3.05) is 18.4 Å². The fraction of sp³-hybridized carbons (Fsp3) is 0.600. The Morgan fingerprint density at radius 2 is 1.76 bits per heavy atom. The molecule has 0 unspecified atom stereocenters. The minimum Gasteiger partial charge on any atom is -0.393 e. The summed E-state index contributed by atoms with van der Waals surface area (Å²) in [6.45, 7) is 7.60. The van der Waals surface area contributed by atoms with Gasteiger partial charge in [-0.1, -0.05) is 13.3 Å². The van der Waals surface area contributed by atoms with E-state index >= 15 is 0 Å². The zero-order valence-electron chi connectivity index (χ0n) is 22.9. The van der Waals surface area contributed by atoms with E-state index in [9.17, 15) is 9.90 Å². The number of hydrogen-bond donors (Lipinski definition) is 2. The largest absolute Gasteiger partial charge is 0.393 e. The maximum atomic E-state index is 13.2. The molecule has 2 N–H and O–H groups in total. The van der Waals surface area contributed by atoms with Gasteiger partial charge in [-0.3, -0.25) is 9.78 Å². The molecule has 2 atom stereocenters. The summed E-state index contributed by atoms with van der Waals surface area (Å²) < 4.78 is 2.37. The SMILES string of the molecule is CC[C@H]1C[C@@H]1Nc1ncc2c(C3CCN(C(=O)c4cc(C)nc(C)c4)CC3)cn([C@H]3CC[C@H](O)CC3)c2n1. The van der Waals surface area contributed by atoms with Gasteiger partial charge in [0.25, 0.3) is 5.91 Å². The number of aromatic nitrogens is 4. The van der Waals surface area contributed by atoms with E-state index < -0.39 is 0 Å². The summed E-state index contributed by atoms with van der Waals surface area (Å²) in [5, 5.41) is 14.8. The molecular weight excluding hydrogens is 476 g/mol. The number of fused-ring (bicyclic) bond motifs is 1. The minimum atomic E-state index is -0.185. The van der Waals surface area contributed by atoms with Crippen LogP contribution >= 0.6 is 0 Å². The quantitative estimate of drug-likeness (QED) is 0.470. The van der Waals surface area contributed by atoms with E-state index in [-0.39, 0.29) is 12.0 Å². The van der Waals surface area contributed by atoms with Crippen LogP contribution in [0.1, 0.15) is 97.6 Å². The summed E-state index contributed by atoms with van der Waals surface area (Å²) in [5.74, 6) is 1.92. The summed E-state index contributed by atoms with van der Waals surface area (Å²) in [4.78, 5) is 29.4. The maximum absolute atomic E-state index is 13.2. The number of aliphatic hydroxyl groups is 1. The van der Waals surface area contributed by atoms with Gasteiger partial charge < -0.3 is 19.9 Å². The Balaban J connectivity index is 1.24. The molecule has 1 saturated heterocycles. The predicted octanol–water partition coefficient (Wildman–Crippen LogP) is 5.15. The van der Waals surface area contributed by atoms with Crippen molar-refractivity contribution in [3.05, 3.63) is 47.0 Å². The van der Waals surface area contributed by atoms with Gasteiger partial charge in [-0.25, -0.2) is 4.98 Å². The van der Waals surface area contributed by atoms with Crippen molar-refractivity contribution in [3.63, 3.8) is 0 Å². The van der Waals surface area contributed by atoms with Crippen molar-refractivity contribution in [2.24, 2.45) is 5.92 Å². The molecule has 1 aliphatic heterocycles. The van der Waals surface area contributed by atoms with E-state index in [1.165, 1.54) is 18.4 Å². The van der Waals surface area contributed by atoms with Gasteiger partial charge in [-0.2, -0.15) is 4.98 Å². The zero-order valence-corrected chi connectivity index (χ0v) is 22.9. The van der Waals surface area contributed by atoms with Gasteiger partial charge in [0.2, 0.25) is 5.95 Å². The second-order valence-corrected chi connectivity index (χ2v) is 11.7. The first-order chi connectivity index (χ1) is 18.4. The molecule has 2 aliphatic carbocycles. The molecular formula is C30H40N6O2. The Labute approximate surface area is 224 Å². The average molecular weight is 517 g/mol. The van der Waals surface area contributed by atoms with Gasteiger partial charge in [0.05, 0.1) is 6.10 Å². The summed E-state index contributed by atoms with van der Waals surface area (Å²) in [6.07, 6.45) is 12.0. The molecule has 0 bridgehead atoms. The molecule has 3 aromatic rings. The van der Waals surface area contributed by atoms with Crippen LogP contribution in [-0.2, 0) is 0 Å². The van der Waals surface area contributed by atoms with Crippen molar-refractivity contribution >= 4 is 22.9 Å². The number of rotatable bonds is 6. The second-order valence-electron chi connectivity index (χ2n) is 11.7. The van der Waals surface area contributed by atoms with Crippen LogP contribution < -0.4 is 5.32 Å². The fourth-order valence-electron chi connectivity index (χ4n) is 6.64. The van der Waals surface area contributed by atoms with E-state index in [1.54, 1.807) is 0 Å². The van der Waals surface area contributed by atoms with E-state index in [4.69, 9.17) is 9.97 Å². The number of amides is 1. The Morgan fingerprint density at radius 3 is 2.42 bits per heavy atom. The number of carbonyl (C=O) groups is 1. The number of hydrogen-bond acceptors (Lipinski definition) is 6. The molecule has 2 saturated carbocycles. The van der Waals surface area contributed by atoms with Crippen LogP contribution in [-0.4, -0.2) is 60.7 Å². The van der Waals surface area contributed by atoms with Gasteiger partial charge in [0, 0.05) is 59.9 Å². The molecule has 0 radical (unpaired) electrons. The third-order valence-electron chi connectivity index (χ3n) is 8.97. The van der Waals surface area contributed by atoms with E-state index in [0.29, 0.717) is 18.0 Å². The molecule has 1 amide bonds. The number of aryl methyl sites for hydroxylation is 2. The monoisotopic (exact) mass is 516 g/mol. The molecule has 4 heterocycles. The van der Waals surface area contributed by atoms with E-state index in [2.05, 4.69) is 28.0 Å². The fourth-order valence-corrected chi connectivity index (χ4v) is 6.64. The number of anilines is 1. The first-order valence-corrected chi connectivity index (χ1v) is 14.5. The predicted molar refractivity (Wildman–Crippen MR) is 148 cm³/mol. The first kappa shape index (κ1) is 25.3. The molecule has 38 heavy (non-hydrogen) atoms. The number of likely N-dealkylation sites (tertiary alicyclic amines) is 1. The first-order valence-electron chi connectivity index (χ1n) is 14.5. The van der Waals surface area contributed by atoms with Gasteiger partial charge in [0.15, 0.2) is 0 Å². The molecule has 202 valence electrons. The van der Waals surface area contributed by atoms with Gasteiger partial charge in [-0.05, 0) is 88.3 Å². The minimum absolute atomic E-state index is 0.102. The number of carbonyl (C=O) groups excluding carboxylic acids is 1. The lowest BCUT2D eigenvalue weighted by atomic mass is 9.89. The van der Waals surface area contributed by atoms with Crippen molar-refractivity contribution in [2.45, 2.75) is 96.2 Å². The van der Waals surface area contributed by atoms with Crippen LogP contribution in [0.4, 0.5) is 5.95 Å². The third kappa shape index (κ3) is 5.03. The molecule has 0 aromatic carbocycles. The highest BCUT2D eigenvalue weighted by Crippen LogP contribution is 2.39. The van der Waals surface area contributed by atoms with Crippen molar-refractivity contribution < 1.29 is 9.90 Å². The summed E-state index contributed by atoms with van der Waals surface area (Å²) in [6, 6.07) is 4.62. The van der Waals surface area contributed by atoms with Crippen LogP contribution in [0.2, 0.25) is 0 Å². The van der Waals surface area contributed by atoms with Crippen molar-refractivity contribution in [3.8, 4) is 0 Å². The summed E-state index contributed by atoms with van der Waals surface area (Å²) in [7, 11) is 0. The Bertz CT molecular complexity index is 1300. The Kier molecular flexibility index (Phi) is 6.84. The van der Waals surface area contributed by atoms with E-state index in [1.807, 2.05) is 37.1 Å². The highest BCUT2D eigenvalue weighted by Gasteiger charge is 2.36. The van der Waals surface area contributed by atoms with E-state index in [0.717, 1.165) is 91.5 Å². The lowest BCUT2D eigenvalue weighted by Gasteiger charge is -2.32. The van der Waals surface area contributed by atoms with Gasteiger partial charge in [0.1, 0.15) is 5.65 Å². The Morgan fingerprint density at radius 1 is 1.05 bits per heavy atom. The molecule has 3 fully saturated rings. The summed E-state index contributed by atoms with van der Waals surface area (Å²) in [5.41, 5.74) is 4.81. The smallest absolute Gasteiger partial charge is 0.253 e. The van der Waals surface area contributed by atoms with Crippen LogP contribution in [0, 0.1) is 19.8 Å². The van der Waals surface area contributed by atoms with Crippen LogP contribution in [0.5, 0.6) is 0 Å². The number of nitrogens with one attached hydrogen (secondary N) is 1. The number of nitrogens with zero attached hydrogens (tertiary/aromatic N) is 5. The van der Waals surface area contributed by atoms with Crippen LogP contribution in [0.25, 0.3) is 11.0 Å². The summed E-state index contributed by atoms with van der Waals surface area (Å²) >= 11 is 0. The number of piperidine rings is 1. The van der Waals surface area contributed by atoms with Gasteiger partial charge >= 0.3 is 0 Å². The molecule has 6 rings (SSSR count).